The zero-order valence-corrected chi connectivity index (χ0v) is 8.49. The Hall–Kier alpha value is -0.570. The lowest BCUT2D eigenvalue weighted by Crippen LogP contribution is -2.47. The zero-order valence-electron chi connectivity index (χ0n) is 8.49. The van der Waals surface area contributed by atoms with E-state index in [9.17, 15) is 4.79 Å². The van der Waals surface area contributed by atoms with Gasteiger partial charge >= 0.3 is 5.97 Å². The summed E-state index contributed by atoms with van der Waals surface area (Å²) in [6.07, 6.45) is 1.29. The zero-order chi connectivity index (χ0) is 9.84. The molecule has 0 saturated carbocycles. The minimum absolute atomic E-state index is 0.321. The maximum atomic E-state index is 10.5. The van der Waals surface area contributed by atoms with Crippen LogP contribution in [-0.4, -0.2) is 35.6 Å². The molecule has 0 aromatic carbocycles. The second-order valence-corrected chi connectivity index (χ2v) is 4.20. The molecule has 76 valence electrons. The summed E-state index contributed by atoms with van der Waals surface area (Å²) in [6.45, 7) is 7.56. The van der Waals surface area contributed by atoms with Gasteiger partial charge in [0.05, 0.1) is 0 Å². The lowest BCUT2D eigenvalue weighted by Gasteiger charge is -2.39. The molecule has 3 nitrogen and oxygen atoms in total. The van der Waals surface area contributed by atoms with E-state index in [2.05, 4.69) is 18.7 Å². The summed E-state index contributed by atoms with van der Waals surface area (Å²) in [5.74, 6) is 0.479. The Labute approximate surface area is 79.7 Å². The third-order valence-corrected chi connectivity index (χ3v) is 2.70. The Morgan fingerprint density at radius 1 is 1.62 bits per heavy atom. The van der Waals surface area contributed by atoms with Gasteiger partial charge in [0.15, 0.2) is 0 Å². The number of nitrogens with zero attached hydrogens (tertiary/aromatic N) is 1. The summed E-state index contributed by atoms with van der Waals surface area (Å²) in [6, 6.07) is 0. The van der Waals surface area contributed by atoms with Crippen LogP contribution >= 0.6 is 0 Å². The first-order chi connectivity index (χ1) is 6.11. The van der Waals surface area contributed by atoms with Crippen molar-refractivity contribution in [2.24, 2.45) is 11.8 Å². The van der Waals surface area contributed by atoms with Crippen LogP contribution in [0, 0.1) is 11.8 Å². The van der Waals surface area contributed by atoms with Gasteiger partial charge in [0.1, 0.15) is 0 Å². The summed E-state index contributed by atoms with van der Waals surface area (Å²) in [5.41, 5.74) is 0. The Morgan fingerprint density at radius 2 is 2.23 bits per heavy atom. The second-order valence-electron chi connectivity index (χ2n) is 4.20. The summed E-state index contributed by atoms with van der Waals surface area (Å²) in [4.78, 5) is 12.9. The summed E-state index contributed by atoms with van der Waals surface area (Å²) >= 11 is 0. The molecule has 1 rings (SSSR count). The van der Waals surface area contributed by atoms with Gasteiger partial charge in [0.25, 0.3) is 0 Å². The predicted molar refractivity (Wildman–Crippen MR) is 51.6 cm³/mol. The van der Waals surface area contributed by atoms with Crippen molar-refractivity contribution in [2.75, 3.05) is 19.6 Å². The topological polar surface area (TPSA) is 40.5 Å². The quantitative estimate of drug-likeness (QED) is 0.704. The van der Waals surface area contributed by atoms with E-state index < -0.39 is 5.97 Å². The molecule has 3 heteroatoms. The van der Waals surface area contributed by atoms with Crippen LogP contribution in [-0.2, 0) is 4.79 Å². The fourth-order valence-corrected chi connectivity index (χ4v) is 1.93. The van der Waals surface area contributed by atoms with E-state index in [0.717, 1.165) is 32.0 Å². The van der Waals surface area contributed by atoms with Crippen LogP contribution in [0.15, 0.2) is 0 Å². The molecule has 1 unspecified atom stereocenters. The van der Waals surface area contributed by atoms with Crippen LogP contribution < -0.4 is 0 Å². The Morgan fingerprint density at radius 3 is 2.62 bits per heavy atom. The number of aliphatic carboxylic acids is 1. The fraction of sp³-hybridized carbons (Fsp3) is 0.900. The minimum Gasteiger partial charge on any atom is -0.481 e. The number of hydrogen-bond donors (Lipinski definition) is 1. The molecule has 1 heterocycles. The van der Waals surface area contributed by atoms with Gasteiger partial charge in [0, 0.05) is 26.1 Å². The van der Waals surface area contributed by atoms with Crippen LogP contribution in [0.4, 0.5) is 0 Å². The molecule has 0 spiro atoms. The molecule has 0 aliphatic carbocycles. The third-order valence-electron chi connectivity index (χ3n) is 2.70. The normalized spacial score (nSPS) is 21.1. The van der Waals surface area contributed by atoms with Gasteiger partial charge in [-0.3, -0.25) is 4.79 Å². The Balaban J connectivity index is 2.20. The fourth-order valence-electron chi connectivity index (χ4n) is 1.93. The summed E-state index contributed by atoms with van der Waals surface area (Å²) in [7, 11) is 0. The van der Waals surface area contributed by atoms with Crippen molar-refractivity contribution >= 4 is 5.97 Å². The maximum absolute atomic E-state index is 10.5. The highest BCUT2D eigenvalue weighted by atomic mass is 16.4. The highest BCUT2D eigenvalue weighted by Crippen LogP contribution is 2.18. The first-order valence-corrected chi connectivity index (χ1v) is 5.06. The largest absolute Gasteiger partial charge is 0.481 e. The smallest absolute Gasteiger partial charge is 0.303 e. The second kappa shape index (κ2) is 4.61. The van der Waals surface area contributed by atoms with Crippen LogP contribution in [0.3, 0.4) is 0 Å². The molecule has 1 aliphatic rings. The molecule has 1 atom stereocenters. The molecular weight excluding hydrogens is 166 g/mol. The third kappa shape index (κ3) is 3.35. The van der Waals surface area contributed by atoms with Crippen LogP contribution in [0.25, 0.3) is 0 Å². The lowest BCUT2D eigenvalue weighted by molar-refractivity contribution is -0.138. The van der Waals surface area contributed by atoms with Crippen LogP contribution in [0.1, 0.15) is 26.7 Å². The highest BCUT2D eigenvalue weighted by molar-refractivity contribution is 5.67. The van der Waals surface area contributed by atoms with Crippen LogP contribution in [0.5, 0.6) is 0 Å². The average molecular weight is 185 g/mol. The predicted octanol–water partition coefficient (Wildman–Crippen LogP) is 1.44. The van der Waals surface area contributed by atoms with Gasteiger partial charge in [-0.15, -0.1) is 0 Å². The van der Waals surface area contributed by atoms with E-state index >= 15 is 0 Å². The number of carbonyl (C=O) groups is 1. The van der Waals surface area contributed by atoms with Gasteiger partial charge in [-0.2, -0.15) is 0 Å². The van der Waals surface area contributed by atoms with Gasteiger partial charge < -0.3 is 10.0 Å². The highest BCUT2D eigenvalue weighted by Gasteiger charge is 2.25. The number of likely N-dealkylation sites (tertiary alicyclic amines) is 1. The molecular formula is C10H19NO2. The van der Waals surface area contributed by atoms with Crippen molar-refractivity contribution in [3.05, 3.63) is 0 Å². The molecule has 1 saturated heterocycles. The molecule has 1 aliphatic heterocycles. The monoisotopic (exact) mass is 185 g/mol. The molecule has 0 bridgehead atoms. The van der Waals surface area contributed by atoms with E-state index in [4.69, 9.17) is 5.11 Å². The van der Waals surface area contributed by atoms with Gasteiger partial charge in [0.2, 0.25) is 0 Å². The van der Waals surface area contributed by atoms with Gasteiger partial charge in [-0.25, -0.2) is 0 Å². The molecule has 0 radical (unpaired) electrons. The maximum Gasteiger partial charge on any atom is 0.303 e. The summed E-state index contributed by atoms with van der Waals surface area (Å²) < 4.78 is 0. The van der Waals surface area contributed by atoms with Gasteiger partial charge in [-0.1, -0.05) is 20.3 Å². The van der Waals surface area contributed by atoms with Gasteiger partial charge in [-0.05, 0) is 11.8 Å². The molecule has 1 fully saturated rings. The van der Waals surface area contributed by atoms with E-state index in [-0.39, 0.29) is 0 Å². The number of rotatable bonds is 5. The van der Waals surface area contributed by atoms with Crippen molar-refractivity contribution in [3.63, 3.8) is 0 Å². The lowest BCUT2D eigenvalue weighted by atomic mass is 9.96. The summed E-state index contributed by atoms with van der Waals surface area (Å²) in [5, 5.41) is 8.65. The average Bonchev–Trinajstić information content (AvgIpc) is 1.99. The van der Waals surface area contributed by atoms with E-state index in [1.165, 1.54) is 0 Å². The van der Waals surface area contributed by atoms with Crippen LogP contribution in [0.2, 0.25) is 0 Å². The number of carboxylic acids is 1. The number of hydrogen-bond acceptors (Lipinski definition) is 2. The van der Waals surface area contributed by atoms with E-state index in [1.54, 1.807) is 0 Å². The SMILES string of the molecule is CCC(CC(=O)O)CN1CC(C)C1. The first kappa shape index (κ1) is 10.5. The molecule has 0 amide bonds. The molecule has 0 aromatic rings. The Bertz CT molecular complexity index is 176. The van der Waals surface area contributed by atoms with Crippen molar-refractivity contribution < 1.29 is 9.90 Å². The minimum atomic E-state index is -0.666. The first-order valence-electron chi connectivity index (χ1n) is 5.06. The molecule has 13 heavy (non-hydrogen) atoms. The van der Waals surface area contributed by atoms with Crippen molar-refractivity contribution in [3.8, 4) is 0 Å². The van der Waals surface area contributed by atoms with Crippen molar-refractivity contribution in [1.82, 2.24) is 4.90 Å². The van der Waals surface area contributed by atoms with E-state index in [1.807, 2.05) is 0 Å². The van der Waals surface area contributed by atoms with Crippen molar-refractivity contribution in [2.45, 2.75) is 26.7 Å². The standard InChI is InChI=1S/C10H19NO2/c1-3-9(4-10(12)13)7-11-5-8(2)6-11/h8-9H,3-7H2,1-2H3,(H,12,13). The molecule has 1 N–H and O–H groups in total. The Kier molecular flexibility index (Phi) is 3.72. The number of carboxylic acid groups (broad SMARTS) is 1. The van der Waals surface area contributed by atoms with E-state index in [0.29, 0.717) is 12.3 Å². The van der Waals surface area contributed by atoms with Crippen molar-refractivity contribution in [1.29, 1.82) is 0 Å². The molecule has 0 aromatic heterocycles.